The highest BCUT2D eigenvalue weighted by Crippen LogP contribution is 2.24. The van der Waals surface area contributed by atoms with Gasteiger partial charge in [-0.05, 0) is 51.9 Å². The number of hydrogen-bond acceptors (Lipinski definition) is 0. The van der Waals surface area contributed by atoms with Crippen molar-refractivity contribution in [1.82, 2.24) is 0 Å². The largest absolute Gasteiger partial charge is 0.206 e. The molecule has 0 fully saturated rings. The summed E-state index contributed by atoms with van der Waals surface area (Å²) in [4.78, 5) is 0. The molecule has 3 heteroatoms. The van der Waals surface area contributed by atoms with Crippen LogP contribution >= 0.6 is 0 Å². The van der Waals surface area contributed by atoms with Crippen LogP contribution in [0.1, 0.15) is 0 Å². The third-order valence-corrected chi connectivity index (χ3v) is 2.64. The maximum atomic E-state index is 13.0. The molecule has 0 atom stereocenters. The summed E-state index contributed by atoms with van der Waals surface area (Å²) in [5.74, 6) is -2.46. The SMILES string of the molecule is Fc1[c]cc2cc3cc(F)c(F)[c]c3cc2c1. The summed E-state index contributed by atoms with van der Waals surface area (Å²) in [6, 6.07) is 11.8. The lowest BCUT2D eigenvalue weighted by molar-refractivity contribution is 0.509. The molecule has 82 valence electrons. The first-order valence-corrected chi connectivity index (χ1v) is 4.95. The van der Waals surface area contributed by atoms with Crippen LogP contribution < -0.4 is 0 Å². The van der Waals surface area contributed by atoms with Crippen molar-refractivity contribution in [3.05, 3.63) is 59.9 Å². The normalized spacial score (nSPS) is 11.2. The summed E-state index contributed by atoms with van der Waals surface area (Å²) in [5.41, 5.74) is 0. The van der Waals surface area contributed by atoms with E-state index in [1.165, 1.54) is 12.1 Å². The third-order valence-electron chi connectivity index (χ3n) is 2.64. The molecule has 0 N–H and O–H groups in total. The van der Waals surface area contributed by atoms with Gasteiger partial charge in [0, 0.05) is 12.1 Å². The smallest absolute Gasteiger partial charge is 0.167 e. The van der Waals surface area contributed by atoms with E-state index in [-0.39, 0.29) is 0 Å². The van der Waals surface area contributed by atoms with E-state index < -0.39 is 17.5 Å². The van der Waals surface area contributed by atoms with E-state index in [1.807, 2.05) is 0 Å². The van der Waals surface area contributed by atoms with Gasteiger partial charge in [-0.3, -0.25) is 0 Å². The molecule has 0 aliphatic heterocycles. The molecule has 0 nitrogen and oxygen atoms in total. The Morgan fingerprint density at radius 1 is 0.824 bits per heavy atom. The van der Waals surface area contributed by atoms with Gasteiger partial charge in [-0.15, -0.1) is 0 Å². The van der Waals surface area contributed by atoms with Crippen molar-refractivity contribution in [1.29, 1.82) is 0 Å². The number of rotatable bonds is 0. The molecule has 0 saturated heterocycles. The van der Waals surface area contributed by atoms with Crippen molar-refractivity contribution in [2.45, 2.75) is 0 Å². The standard InChI is InChI=1S/C14H5F3/c15-12-2-1-8-3-10-6-13(16)14(17)7-11(10)4-9(8)5-12/h1,3-6H. The predicted octanol–water partition coefficient (Wildman–Crippen LogP) is 4.01. The first-order chi connectivity index (χ1) is 8.13. The van der Waals surface area contributed by atoms with Crippen molar-refractivity contribution in [3.8, 4) is 0 Å². The monoisotopic (exact) mass is 230 g/mol. The molecule has 2 radical (unpaired) electrons. The Morgan fingerprint density at radius 3 is 2.47 bits per heavy atom. The lowest BCUT2D eigenvalue weighted by atomic mass is 10.0. The second-order valence-electron chi connectivity index (χ2n) is 3.78. The van der Waals surface area contributed by atoms with Crippen molar-refractivity contribution in [3.63, 3.8) is 0 Å². The molecule has 0 aliphatic rings. The van der Waals surface area contributed by atoms with E-state index in [2.05, 4.69) is 12.1 Å². The number of benzene rings is 3. The fraction of sp³-hybridized carbons (Fsp3) is 0. The Hall–Kier alpha value is -2.03. The van der Waals surface area contributed by atoms with Crippen LogP contribution in [0.15, 0.2) is 30.3 Å². The Bertz CT molecular complexity index is 732. The molecule has 17 heavy (non-hydrogen) atoms. The minimum Gasteiger partial charge on any atom is -0.206 e. The zero-order chi connectivity index (χ0) is 12.0. The number of halogens is 3. The van der Waals surface area contributed by atoms with Crippen LogP contribution in [-0.2, 0) is 0 Å². The van der Waals surface area contributed by atoms with E-state index in [4.69, 9.17) is 0 Å². The second kappa shape index (κ2) is 3.48. The lowest BCUT2D eigenvalue weighted by Crippen LogP contribution is -1.86. The highest BCUT2D eigenvalue weighted by Gasteiger charge is 2.06. The van der Waals surface area contributed by atoms with Crippen LogP contribution in [0.5, 0.6) is 0 Å². The average molecular weight is 230 g/mol. The maximum absolute atomic E-state index is 13.0. The fourth-order valence-corrected chi connectivity index (χ4v) is 1.83. The Labute approximate surface area is 95.3 Å². The Kier molecular flexibility index (Phi) is 2.08. The molecular weight excluding hydrogens is 225 g/mol. The van der Waals surface area contributed by atoms with Gasteiger partial charge in [0.2, 0.25) is 0 Å². The Balaban J connectivity index is 2.43. The van der Waals surface area contributed by atoms with Gasteiger partial charge in [-0.1, -0.05) is 0 Å². The van der Waals surface area contributed by atoms with E-state index in [0.29, 0.717) is 16.2 Å². The fourth-order valence-electron chi connectivity index (χ4n) is 1.83. The molecule has 0 unspecified atom stereocenters. The Morgan fingerprint density at radius 2 is 1.65 bits per heavy atom. The van der Waals surface area contributed by atoms with Gasteiger partial charge < -0.3 is 0 Å². The summed E-state index contributed by atoms with van der Waals surface area (Å²) in [6.45, 7) is 0. The van der Waals surface area contributed by atoms with Gasteiger partial charge in [0.15, 0.2) is 11.6 Å². The summed E-state index contributed by atoms with van der Waals surface area (Å²) < 4.78 is 39.0. The van der Waals surface area contributed by atoms with Gasteiger partial charge in [-0.25, -0.2) is 13.2 Å². The quantitative estimate of drug-likeness (QED) is 0.512. The molecule has 0 bridgehead atoms. The van der Waals surface area contributed by atoms with Gasteiger partial charge in [0.05, 0.1) is 0 Å². The van der Waals surface area contributed by atoms with Crippen molar-refractivity contribution < 1.29 is 13.2 Å². The highest BCUT2D eigenvalue weighted by molar-refractivity contribution is 5.97. The summed E-state index contributed by atoms with van der Waals surface area (Å²) >= 11 is 0. The van der Waals surface area contributed by atoms with Gasteiger partial charge >= 0.3 is 0 Å². The van der Waals surface area contributed by atoms with E-state index >= 15 is 0 Å². The topological polar surface area (TPSA) is 0 Å². The van der Waals surface area contributed by atoms with E-state index in [0.717, 1.165) is 11.5 Å². The van der Waals surface area contributed by atoms with Crippen LogP contribution in [0, 0.1) is 29.6 Å². The van der Waals surface area contributed by atoms with Gasteiger partial charge in [0.25, 0.3) is 0 Å². The first-order valence-electron chi connectivity index (χ1n) is 4.95. The predicted molar refractivity (Wildman–Crippen MR) is 59.0 cm³/mol. The molecule has 0 spiro atoms. The minimum absolute atomic E-state index is 0.419. The zero-order valence-electron chi connectivity index (χ0n) is 8.52. The van der Waals surface area contributed by atoms with Gasteiger partial charge in [0.1, 0.15) is 5.82 Å². The van der Waals surface area contributed by atoms with Crippen molar-refractivity contribution in [2.75, 3.05) is 0 Å². The number of hydrogen-bond donors (Lipinski definition) is 0. The summed E-state index contributed by atoms with van der Waals surface area (Å²) in [7, 11) is 0. The van der Waals surface area contributed by atoms with Crippen LogP contribution in [-0.4, -0.2) is 0 Å². The molecule has 3 aromatic carbocycles. The average Bonchev–Trinajstić information content (AvgIpc) is 2.28. The maximum Gasteiger partial charge on any atom is 0.167 e. The third kappa shape index (κ3) is 1.64. The summed E-state index contributed by atoms with van der Waals surface area (Å²) in [6.07, 6.45) is 0. The van der Waals surface area contributed by atoms with Crippen LogP contribution in [0.25, 0.3) is 21.5 Å². The highest BCUT2D eigenvalue weighted by atomic mass is 19.2. The van der Waals surface area contributed by atoms with Crippen molar-refractivity contribution in [2.24, 2.45) is 0 Å². The molecule has 3 aromatic rings. The van der Waals surface area contributed by atoms with Gasteiger partial charge in [-0.2, -0.15) is 0 Å². The van der Waals surface area contributed by atoms with Crippen LogP contribution in [0.2, 0.25) is 0 Å². The molecule has 0 aromatic heterocycles. The van der Waals surface area contributed by atoms with E-state index in [1.54, 1.807) is 12.1 Å². The number of fused-ring (bicyclic) bond motifs is 2. The molecule has 0 heterocycles. The molecule has 3 rings (SSSR count). The summed E-state index contributed by atoms with van der Waals surface area (Å²) in [5, 5.41) is 2.27. The van der Waals surface area contributed by atoms with Crippen LogP contribution in [0.3, 0.4) is 0 Å². The zero-order valence-corrected chi connectivity index (χ0v) is 8.52. The van der Waals surface area contributed by atoms with E-state index in [9.17, 15) is 13.2 Å². The molecular formula is C14H5F3. The lowest BCUT2D eigenvalue weighted by Gasteiger charge is -2.03. The minimum atomic E-state index is -1.03. The van der Waals surface area contributed by atoms with Crippen LogP contribution in [0.4, 0.5) is 13.2 Å². The second-order valence-corrected chi connectivity index (χ2v) is 3.78. The molecule has 0 amide bonds. The first kappa shape index (κ1) is 10.1. The van der Waals surface area contributed by atoms with Crippen molar-refractivity contribution >= 4 is 21.5 Å². The molecule has 0 saturated carbocycles. The molecule has 0 aliphatic carbocycles.